The number of nitrogens with zero attached hydrogens (tertiary/aromatic N) is 1. The van der Waals surface area contributed by atoms with Crippen LogP contribution in [0, 0.1) is 6.92 Å². The molecule has 0 spiro atoms. The first-order valence-corrected chi connectivity index (χ1v) is 9.49. The highest BCUT2D eigenvalue weighted by molar-refractivity contribution is 5.79. The molecule has 2 aromatic rings. The fourth-order valence-electron chi connectivity index (χ4n) is 2.86. The SMILES string of the molecule is CCOc1cc(C)ccc1CNC(=NC)NCCc1ccc(OC)c(OC)c1. The van der Waals surface area contributed by atoms with Crippen LogP contribution in [0.2, 0.25) is 0 Å². The standard InChI is InChI=1S/C22H31N3O3/c1-6-28-20-13-16(2)7-9-18(20)15-25-22(23-3)24-12-11-17-8-10-19(26-4)21(14-17)27-5/h7-10,13-14H,6,11-12,15H2,1-5H3,(H2,23,24,25). The number of methoxy groups -OCH3 is 2. The summed E-state index contributed by atoms with van der Waals surface area (Å²) in [6.07, 6.45) is 0.843. The van der Waals surface area contributed by atoms with Gasteiger partial charge in [-0.2, -0.15) is 0 Å². The number of benzene rings is 2. The highest BCUT2D eigenvalue weighted by Crippen LogP contribution is 2.27. The molecule has 0 radical (unpaired) electrons. The van der Waals surface area contributed by atoms with E-state index in [1.165, 1.54) is 5.56 Å². The Morgan fingerprint density at radius 3 is 2.43 bits per heavy atom. The zero-order valence-electron chi connectivity index (χ0n) is 17.5. The van der Waals surface area contributed by atoms with Crippen LogP contribution in [-0.2, 0) is 13.0 Å². The fraction of sp³-hybridized carbons (Fsp3) is 0.409. The molecule has 0 atom stereocenters. The van der Waals surface area contributed by atoms with Crippen molar-refractivity contribution in [2.75, 3.05) is 34.4 Å². The first-order chi connectivity index (χ1) is 13.6. The van der Waals surface area contributed by atoms with Gasteiger partial charge in [-0.3, -0.25) is 4.99 Å². The predicted molar refractivity (Wildman–Crippen MR) is 114 cm³/mol. The summed E-state index contributed by atoms with van der Waals surface area (Å²) in [5.41, 5.74) is 3.46. The van der Waals surface area contributed by atoms with Crippen molar-refractivity contribution in [2.24, 2.45) is 4.99 Å². The number of guanidine groups is 1. The molecule has 152 valence electrons. The zero-order chi connectivity index (χ0) is 20.4. The highest BCUT2D eigenvalue weighted by Gasteiger charge is 2.07. The molecule has 0 bridgehead atoms. The number of aliphatic imine (C=N–C) groups is 1. The minimum absolute atomic E-state index is 0.644. The van der Waals surface area contributed by atoms with Crippen molar-refractivity contribution in [1.29, 1.82) is 0 Å². The Morgan fingerprint density at radius 2 is 1.75 bits per heavy atom. The quantitative estimate of drug-likeness (QED) is 0.512. The molecule has 2 rings (SSSR count). The van der Waals surface area contributed by atoms with E-state index >= 15 is 0 Å². The maximum absolute atomic E-state index is 5.74. The molecule has 0 aliphatic rings. The lowest BCUT2D eigenvalue weighted by Gasteiger charge is -2.15. The second kappa shape index (κ2) is 11.1. The van der Waals surface area contributed by atoms with E-state index in [2.05, 4.69) is 40.7 Å². The van der Waals surface area contributed by atoms with E-state index in [1.54, 1.807) is 21.3 Å². The number of hydrogen-bond acceptors (Lipinski definition) is 4. The van der Waals surface area contributed by atoms with Crippen molar-refractivity contribution in [3.8, 4) is 17.2 Å². The van der Waals surface area contributed by atoms with Gasteiger partial charge in [0.1, 0.15) is 5.75 Å². The van der Waals surface area contributed by atoms with Crippen molar-refractivity contribution >= 4 is 5.96 Å². The van der Waals surface area contributed by atoms with Gasteiger partial charge in [-0.15, -0.1) is 0 Å². The molecule has 2 N–H and O–H groups in total. The van der Waals surface area contributed by atoms with Crippen LogP contribution in [0.4, 0.5) is 0 Å². The van der Waals surface area contributed by atoms with Gasteiger partial charge in [0.15, 0.2) is 17.5 Å². The van der Waals surface area contributed by atoms with E-state index in [0.717, 1.165) is 47.3 Å². The van der Waals surface area contributed by atoms with Crippen LogP contribution in [0.15, 0.2) is 41.4 Å². The van der Waals surface area contributed by atoms with E-state index in [0.29, 0.717) is 13.2 Å². The molecule has 0 fully saturated rings. The molecule has 6 nitrogen and oxygen atoms in total. The van der Waals surface area contributed by atoms with E-state index in [1.807, 2.05) is 25.1 Å². The summed E-state index contributed by atoms with van der Waals surface area (Å²) in [5.74, 6) is 3.14. The second-order valence-corrected chi connectivity index (χ2v) is 6.34. The molecule has 0 aliphatic heterocycles. The molecule has 0 saturated heterocycles. The molecule has 0 unspecified atom stereocenters. The Bertz CT molecular complexity index is 791. The van der Waals surface area contributed by atoms with Gasteiger partial charge in [-0.25, -0.2) is 0 Å². The molecule has 0 saturated carbocycles. The van der Waals surface area contributed by atoms with Gasteiger partial charge >= 0.3 is 0 Å². The summed E-state index contributed by atoms with van der Waals surface area (Å²) < 4.78 is 16.4. The van der Waals surface area contributed by atoms with Gasteiger partial charge in [0, 0.05) is 25.7 Å². The Morgan fingerprint density at radius 1 is 0.964 bits per heavy atom. The number of aryl methyl sites for hydroxylation is 1. The van der Waals surface area contributed by atoms with Crippen LogP contribution < -0.4 is 24.8 Å². The predicted octanol–water partition coefficient (Wildman–Crippen LogP) is 3.32. The summed E-state index contributed by atoms with van der Waals surface area (Å²) in [4.78, 5) is 4.30. The Labute approximate surface area is 167 Å². The van der Waals surface area contributed by atoms with Crippen molar-refractivity contribution in [3.05, 3.63) is 53.1 Å². The number of ether oxygens (including phenoxy) is 3. The van der Waals surface area contributed by atoms with Crippen molar-refractivity contribution in [1.82, 2.24) is 10.6 Å². The normalized spacial score (nSPS) is 11.1. The molecule has 6 heteroatoms. The number of rotatable bonds is 9. The average Bonchev–Trinajstić information content (AvgIpc) is 2.71. The number of nitrogens with one attached hydrogen (secondary N) is 2. The van der Waals surface area contributed by atoms with E-state index in [9.17, 15) is 0 Å². The Kier molecular flexibility index (Phi) is 8.46. The van der Waals surface area contributed by atoms with Crippen LogP contribution >= 0.6 is 0 Å². The first-order valence-electron chi connectivity index (χ1n) is 9.49. The minimum atomic E-state index is 0.644. The molecular formula is C22H31N3O3. The molecule has 0 aliphatic carbocycles. The van der Waals surface area contributed by atoms with Crippen LogP contribution in [0.25, 0.3) is 0 Å². The largest absolute Gasteiger partial charge is 0.494 e. The van der Waals surface area contributed by atoms with Gasteiger partial charge < -0.3 is 24.8 Å². The van der Waals surface area contributed by atoms with E-state index < -0.39 is 0 Å². The smallest absolute Gasteiger partial charge is 0.191 e. The van der Waals surface area contributed by atoms with Gasteiger partial charge in [0.25, 0.3) is 0 Å². The van der Waals surface area contributed by atoms with Crippen molar-refractivity contribution < 1.29 is 14.2 Å². The van der Waals surface area contributed by atoms with Gasteiger partial charge in [0.05, 0.1) is 20.8 Å². The lowest BCUT2D eigenvalue weighted by Crippen LogP contribution is -2.37. The average molecular weight is 386 g/mol. The molecule has 28 heavy (non-hydrogen) atoms. The monoisotopic (exact) mass is 385 g/mol. The Hall–Kier alpha value is -2.89. The van der Waals surface area contributed by atoms with E-state index in [4.69, 9.17) is 14.2 Å². The van der Waals surface area contributed by atoms with Crippen LogP contribution in [0.5, 0.6) is 17.2 Å². The minimum Gasteiger partial charge on any atom is -0.494 e. The number of hydrogen-bond donors (Lipinski definition) is 2. The summed E-state index contributed by atoms with van der Waals surface area (Å²) in [6, 6.07) is 12.2. The fourth-order valence-corrected chi connectivity index (χ4v) is 2.86. The summed E-state index contributed by atoms with van der Waals surface area (Å²) >= 11 is 0. The third-order valence-corrected chi connectivity index (χ3v) is 4.35. The lowest BCUT2D eigenvalue weighted by atomic mass is 10.1. The second-order valence-electron chi connectivity index (χ2n) is 6.34. The van der Waals surface area contributed by atoms with Gasteiger partial charge in [-0.1, -0.05) is 18.2 Å². The highest BCUT2D eigenvalue weighted by atomic mass is 16.5. The molecule has 0 heterocycles. The molecule has 0 aromatic heterocycles. The van der Waals surface area contributed by atoms with Crippen molar-refractivity contribution in [2.45, 2.75) is 26.8 Å². The first kappa shape index (κ1) is 21.4. The third-order valence-electron chi connectivity index (χ3n) is 4.35. The van der Waals surface area contributed by atoms with Crippen LogP contribution in [0.1, 0.15) is 23.6 Å². The Balaban J connectivity index is 1.89. The molecule has 2 aromatic carbocycles. The lowest BCUT2D eigenvalue weighted by molar-refractivity contribution is 0.336. The zero-order valence-corrected chi connectivity index (χ0v) is 17.5. The summed E-state index contributed by atoms with van der Waals surface area (Å²) in [5, 5.41) is 6.69. The maximum Gasteiger partial charge on any atom is 0.191 e. The van der Waals surface area contributed by atoms with E-state index in [-0.39, 0.29) is 0 Å². The molecule has 0 amide bonds. The van der Waals surface area contributed by atoms with Crippen molar-refractivity contribution in [3.63, 3.8) is 0 Å². The topological polar surface area (TPSA) is 64.1 Å². The van der Waals surface area contributed by atoms with Gasteiger partial charge in [-0.05, 0) is 49.6 Å². The van der Waals surface area contributed by atoms with Gasteiger partial charge in [0.2, 0.25) is 0 Å². The van der Waals surface area contributed by atoms with Crippen LogP contribution in [0.3, 0.4) is 0 Å². The third kappa shape index (κ3) is 6.08. The van der Waals surface area contributed by atoms with Crippen LogP contribution in [-0.4, -0.2) is 40.4 Å². The summed E-state index contributed by atoms with van der Waals surface area (Å²) in [6.45, 7) is 6.10. The summed E-state index contributed by atoms with van der Waals surface area (Å²) in [7, 11) is 5.05. The molecular weight excluding hydrogens is 354 g/mol. The maximum atomic E-state index is 5.74.